The van der Waals surface area contributed by atoms with Gasteiger partial charge >= 0.3 is 5.97 Å². The van der Waals surface area contributed by atoms with Crippen LogP contribution in [0, 0.1) is 0 Å². The molecule has 0 spiro atoms. The van der Waals surface area contributed by atoms with Crippen LogP contribution < -0.4 is 9.46 Å². The van der Waals surface area contributed by atoms with E-state index < -0.39 is 16.2 Å². The van der Waals surface area contributed by atoms with Gasteiger partial charge in [0.05, 0.1) is 6.42 Å². The number of carboxylic acid groups (broad SMARTS) is 1. The standard InChI is InChI=1S/C12H18N2O5S/c1-14(9-7-12(15)16)20(17,18)13-8-10-19-11-5-3-2-4-6-11/h2-6,13H,7-10H2,1H3,(H,15,16). The molecule has 0 aromatic heterocycles. The van der Waals surface area contributed by atoms with Crippen LogP contribution in [0.3, 0.4) is 0 Å². The van der Waals surface area contributed by atoms with Crippen molar-refractivity contribution in [3.8, 4) is 5.75 Å². The molecule has 0 bridgehead atoms. The number of nitrogens with zero attached hydrogens (tertiary/aromatic N) is 1. The maximum atomic E-state index is 11.7. The quantitative estimate of drug-likeness (QED) is 0.640. The van der Waals surface area contributed by atoms with Crippen molar-refractivity contribution in [2.45, 2.75) is 6.42 Å². The Morgan fingerprint density at radius 1 is 1.35 bits per heavy atom. The number of hydrogen-bond acceptors (Lipinski definition) is 4. The summed E-state index contributed by atoms with van der Waals surface area (Å²) in [6.07, 6.45) is -0.238. The van der Waals surface area contributed by atoms with Gasteiger partial charge in [-0.05, 0) is 12.1 Å². The van der Waals surface area contributed by atoms with Crippen LogP contribution in [0.4, 0.5) is 0 Å². The Hall–Kier alpha value is -1.64. The molecular weight excluding hydrogens is 284 g/mol. The van der Waals surface area contributed by atoms with Gasteiger partial charge in [-0.3, -0.25) is 4.79 Å². The van der Waals surface area contributed by atoms with Gasteiger partial charge in [0, 0.05) is 20.1 Å². The van der Waals surface area contributed by atoms with E-state index in [1.807, 2.05) is 18.2 Å². The lowest BCUT2D eigenvalue weighted by atomic mass is 10.3. The zero-order valence-corrected chi connectivity index (χ0v) is 12.0. The Kier molecular flexibility index (Phi) is 6.43. The van der Waals surface area contributed by atoms with E-state index in [1.165, 1.54) is 7.05 Å². The van der Waals surface area contributed by atoms with E-state index in [4.69, 9.17) is 9.84 Å². The van der Waals surface area contributed by atoms with Crippen molar-refractivity contribution in [3.63, 3.8) is 0 Å². The van der Waals surface area contributed by atoms with E-state index in [1.54, 1.807) is 12.1 Å². The second kappa shape index (κ2) is 7.83. The lowest BCUT2D eigenvalue weighted by Crippen LogP contribution is -2.40. The van der Waals surface area contributed by atoms with Crippen LogP contribution >= 0.6 is 0 Å². The van der Waals surface area contributed by atoms with Gasteiger partial charge in [-0.1, -0.05) is 18.2 Å². The first-order valence-corrected chi connectivity index (χ1v) is 7.46. The Morgan fingerprint density at radius 3 is 2.60 bits per heavy atom. The summed E-state index contributed by atoms with van der Waals surface area (Å²) in [5.41, 5.74) is 0. The minimum atomic E-state index is -3.67. The third-order valence-electron chi connectivity index (χ3n) is 2.45. The lowest BCUT2D eigenvalue weighted by molar-refractivity contribution is -0.137. The second-order valence-electron chi connectivity index (χ2n) is 4.03. The van der Waals surface area contributed by atoms with Crippen LogP contribution in [0.5, 0.6) is 5.75 Å². The molecule has 7 nitrogen and oxygen atoms in total. The maximum absolute atomic E-state index is 11.7. The molecule has 2 N–H and O–H groups in total. The smallest absolute Gasteiger partial charge is 0.304 e. The molecule has 0 aliphatic rings. The van der Waals surface area contributed by atoms with Crippen LogP contribution in [-0.4, -0.2) is 50.5 Å². The Morgan fingerprint density at radius 2 is 2.00 bits per heavy atom. The molecule has 1 aromatic carbocycles. The fourth-order valence-corrected chi connectivity index (χ4v) is 2.23. The summed E-state index contributed by atoms with van der Waals surface area (Å²) in [4.78, 5) is 10.4. The van der Waals surface area contributed by atoms with Crippen molar-refractivity contribution < 1.29 is 23.1 Å². The first kappa shape index (κ1) is 16.4. The van der Waals surface area contributed by atoms with E-state index in [-0.39, 0.29) is 26.1 Å². The van der Waals surface area contributed by atoms with Gasteiger partial charge in [0.2, 0.25) is 0 Å². The van der Waals surface area contributed by atoms with Crippen molar-refractivity contribution in [3.05, 3.63) is 30.3 Å². The average molecular weight is 302 g/mol. The van der Waals surface area contributed by atoms with E-state index in [0.29, 0.717) is 5.75 Å². The number of para-hydroxylation sites is 1. The summed E-state index contributed by atoms with van der Waals surface area (Å²) in [6.45, 7) is 0.217. The van der Waals surface area contributed by atoms with Gasteiger partial charge in [-0.15, -0.1) is 0 Å². The molecule has 20 heavy (non-hydrogen) atoms. The molecule has 0 saturated heterocycles. The topological polar surface area (TPSA) is 95.9 Å². The third kappa shape index (κ3) is 6.00. The summed E-state index contributed by atoms with van der Waals surface area (Å²) in [7, 11) is -2.35. The molecule has 0 heterocycles. The van der Waals surface area contributed by atoms with Crippen LogP contribution in [0.2, 0.25) is 0 Å². The van der Waals surface area contributed by atoms with Gasteiger partial charge in [0.1, 0.15) is 12.4 Å². The highest BCUT2D eigenvalue weighted by atomic mass is 32.2. The number of rotatable bonds is 9. The molecule has 1 aromatic rings. The fourth-order valence-electron chi connectivity index (χ4n) is 1.34. The first-order valence-electron chi connectivity index (χ1n) is 6.02. The van der Waals surface area contributed by atoms with Gasteiger partial charge in [0.15, 0.2) is 0 Å². The Balaban J connectivity index is 2.30. The van der Waals surface area contributed by atoms with Gasteiger partial charge in [-0.2, -0.15) is 17.4 Å². The average Bonchev–Trinajstić information content (AvgIpc) is 2.42. The molecule has 0 unspecified atom stereocenters. The molecule has 0 aliphatic heterocycles. The molecular formula is C12H18N2O5S. The number of carboxylic acids is 1. The molecule has 0 radical (unpaired) electrons. The van der Waals surface area contributed by atoms with E-state index in [0.717, 1.165) is 4.31 Å². The minimum absolute atomic E-state index is 0.0792. The number of hydrogen-bond donors (Lipinski definition) is 2. The monoisotopic (exact) mass is 302 g/mol. The SMILES string of the molecule is CN(CCC(=O)O)S(=O)(=O)NCCOc1ccccc1. The summed E-state index contributed by atoms with van der Waals surface area (Å²) in [5.74, 6) is -0.384. The molecule has 0 atom stereocenters. The number of carbonyl (C=O) groups is 1. The van der Waals surface area contributed by atoms with E-state index >= 15 is 0 Å². The fraction of sp³-hybridized carbons (Fsp3) is 0.417. The number of aliphatic carboxylic acids is 1. The molecule has 0 aliphatic carbocycles. The number of nitrogens with one attached hydrogen (secondary N) is 1. The molecule has 0 saturated carbocycles. The normalized spacial score (nSPS) is 11.5. The minimum Gasteiger partial charge on any atom is -0.492 e. The van der Waals surface area contributed by atoms with Crippen molar-refractivity contribution in [1.29, 1.82) is 0 Å². The first-order chi connectivity index (χ1) is 9.42. The van der Waals surface area contributed by atoms with Gasteiger partial charge < -0.3 is 9.84 Å². The molecule has 112 valence electrons. The van der Waals surface area contributed by atoms with Crippen LogP contribution in [0.15, 0.2) is 30.3 Å². The summed E-state index contributed by atoms with van der Waals surface area (Å²) >= 11 is 0. The van der Waals surface area contributed by atoms with Crippen molar-refractivity contribution in [2.24, 2.45) is 0 Å². The number of benzene rings is 1. The Bertz CT molecular complexity index is 518. The molecule has 8 heteroatoms. The molecule has 0 amide bonds. The highest BCUT2D eigenvalue weighted by Crippen LogP contribution is 2.07. The van der Waals surface area contributed by atoms with Crippen molar-refractivity contribution in [1.82, 2.24) is 9.03 Å². The van der Waals surface area contributed by atoms with Gasteiger partial charge in [-0.25, -0.2) is 0 Å². The van der Waals surface area contributed by atoms with Crippen LogP contribution in [-0.2, 0) is 15.0 Å². The second-order valence-corrected chi connectivity index (χ2v) is 5.89. The summed E-state index contributed by atoms with van der Waals surface area (Å²) in [6, 6.07) is 9.03. The zero-order chi connectivity index (χ0) is 15.0. The Labute approximate surface area is 118 Å². The predicted octanol–water partition coefficient (Wildman–Crippen LogP) is 0.306. The van der Waals surface area contributed by atoms with Crippen molar-refractivity contribution in [2.75, 3.05) is 26.7 Å². The lowest BCUT2D eigenvalue weighted by Gasteiger charge is -2.16. The van der Waals surface area contributed by atoms with Crippen molar-refractivity contribution >= 4 is 16.2 Å². The predicted molar refractivity (Wildman–Crippen MR) is 73.7 cm³/mol. The van der Waals surface area contributed by atoms with E-state index in [9.17, 15) is 13.2 Å². The van der Waals surface area contributed by atoms with E-state index in [2.05, 4.69) is 4.72 Å². The zero-order valence-electron chi connectivity index (χ0n) is 11.2. The highest BCUT2D eigenvalue weighted by Gasteiger charge is 2.17. The largest absolute Gasteiger partial charge is 0.492 e. The summed E-state index contributed by atoms with van der Waals surface area (Å²) < 4.78 is 32.1. The van der Waals surface area contributed by atoms with Gasteiger partial charge in [0.25, 0.3) is 10.2 Å². The highest BCUT2D eigenvalue weighted by molar-refractivity contribution is 7.87. The number of ether oxygens (including phenoxy) is 1. The molecule has 0 fully saturated rings. The molecule has 1 rings (SSSR count). The summed E-state index contributed by atoms with van der Waals surface area (Å²) in [5, 5.41) is 8.51. The third-order valence-corrected chi connectivity index (χ3v) is 4.02. The van der Waals surface area contributed by atoms with Crippen LogP contribution in [0.1, 0.15) is 6.42 Å². The van der Waals surface area contributed by atoms with Crippen LogP contribution in [0.25, 0.3) is 0 Å². The maximum Gasteiger partial charge on any atom is 0.304 e.